The molecule has 0 fully saturated rings. The number of esters is 1. The van der Waals surface area contributed by atoms with Crippen molar-refractivity contribution in [1.82, 2.24) is 4.90 Å². The third-order valence-electron chi connectivity index (χ3n) is 4.04. The molecule has 23 heavy (non-hydrogen) atoms. The van der Waals surface area contributed by atoms with E-state index in [1.165, 1.54) is 12.7 Å². The van der Waals surface area contributed by atoms with E-state index in [-0.39, 0.29) is 12.0 Å². The van der Waals surface area contributed by atoms with Gasteiger partial charge in [0.2, 0.25) is 0 Å². The number of carbonyl (C=O) groups excluding carboxylic acids is 1. The zero-order valence-electron chi connectivity index (χ0n) is 12.9. The van der Waals surface area contributed by atoms with Crippen LogP contribution < -0.4 is 0 Å². The van der Waals surface area contributed by atoms with Gasteiger partial charge in [0, 0.05) is 17.8 Å². The topological polar surface area (TPSA) is 29.5 Å². The second-order valence-corrected chi connectivity index (χ2v) is 5.95. The number of carbonyl (C=O) groups is 1. The Balaban J connectivity index is 1.76. The molecule has 2 aliphatic rings. The molecule has 1 heterocycles. The van der Waals surface area contributed by atoms with Crippen molar-refractivity contribution in [3.63, 3.8) is 0 Å². The zero-order chi connectivity index (χ0) is 16.2. The van der Waals surface area contributed by atoms with Crippen LogP contribution in [0.5, 0.6) is 0 Å². The third-order valence-corrected chi connectivity index (χ3v) is 4.29. The monoisotopic (exact) mass is 327 g/mol. The molecule has 0 saturated carbocycles. The standard InChI is InChI=1S/C19H18ClNO2/c1-23-19(22)17-4-2-3-15-10-12-21(18(17)13-15)11-9-14-5-7-16(20)8-6-14/h2-8,10,12-13,18H,9,11H2,1H3. The molecule has 1 aromatic rings. The maximum absolute atomic E-state index is 12.1. The fourth-order valence-corrected chi connectivity index (χ4v) is 2.90. The lowest BCUT2D eigenvalue weighted by molar-refractivity contribution is -0.136. The predicted octanol–water partition coefficient (Wildman–Crippen LogP) is 3.68. The summed E-state index contributed by atoms with van der Waals surface area (Å²) >= 11 is 5.92. The van der Waals surface area contributed by atoms with Crippen molar-refractivity contribution in [3.05, 3.63) is 82.6 Å². The van der Waals surface area contributed by atoms with Crippen LogP contribution in [-0.2, 0) is 16.0 Å². The summed E-state index contributed by atoms with van der Waals surface area (Å²) in [6, 6.07) is 7.77. The number of hydrogen-bond donors (Lipinski definition) is 0. The van der Waals surface area contributed by atoms with Crippen LogP contribution in [0.25, 0.3) is 0 Å². The van der Waals surface area contributed by atoms with E-state index in [0.717, 1.165) is 23.6 Å². The van der Waals surface area contributed by atoms with Gasteiger partial charge in [0.25, 0.3) is 0 Å². The van der Waals surface area contributed by atoms with Crippen LogP contribution in [0.2, 0.25) is 5.02 Å². The van der Waals surface area contributed by atoms with Gasteiger partial charge in [-0.2, -0.15) is 0 Å². The van der Waals surface area contributed by atoms with Gasteiger partial charge in [-0.1, -0.05) is 42.0 Å². The van der Waals surface area contributed by atoms with Gasteiger partial charge in [-0.15, -0.1) is 0 Å². The molecule has 2 bridgehead atoms. The summed E-state index contributed by atoms with van der Waals surface area (Å²) in [7, 11) is 1.42. The van der Waals surface area contributed by atoms with Crippen LogP contribution in [0.4, 0.5) is 0 Å². The fourth-order valence-electron chi connectivity index (χ4n) is 2.78. The predicted molar refractivity (Wildman–Crippen MR) is 92.1 cm³/mol. The lowest BCUT2D eigenvalue weighted by Gasteiger charge is -2.32. The average molecular weight is 328 g/mol. The van der Waals surface area contributed by atoms with Crippen LogP contribution >= 0.6 is 11.6 Å². The summed E-state index contributed by atoms with van der Waals surface area (Å²) in [5.41, 5.74) is 2.97. The number of fused-ring (bicyclic) bond motifs is 1. The molecule has 1 aliphatic heterocycles. The minimum Gasteiger partial charge on any atom is -0.466 e. The second kappa shape index (κ2) is 6.88. The fraction of sp³-hybridized carbons (Fsp3) is 0.211. The lowest BCUT2D eigenvalue weighted by Crippen LogP contribution is -2.36. The Bertz CT molecular complexity index is 713. The first kappa shape index (κ1) is 15.6. The van der Waals surface area contributed by atoms with Gasteiger partial charge in [0.15, 0.2) is 0 Å². The molecule has 1 aromatic carbocycles. The average Bonchev–Trinajstić information content (AvgIpc) is 2.74. The van der Waals surface area contributed by atoms with E-state index in [2.05, 4.69) is 17.1 Å². The first-order valence-electron chi connectivity index (χ1n) is 7.54. The third kappa shape index (κ3) is 3.57. The molecule has 1 unspecified atom stereocenters. The van der Waals surface area contributed by atoms with Crippen LogP contribution in [-0.4, -0.2) is 30.6 Å². The van der Waals surface area contributed by atoms with Crippen molar-refractivity contribution >= 4 is 17.6 Å². The number of halogens is 1. The summed E-state index contributed by atoms with van der Waals surface area (Å²) in [6.45, 7) is 0.806. The highest BCUT2D eigenvalue weighted by Crippen LogP contribution is 2.25. The highest BCUT2D eigenvalue weighted by Gasteiger charge is 2.26. The van der Waals surface area contributed by atoms with Gasteiger partial charge in [0.05, 0.1) is 18.7 Å². The molecule has 0 saturated heterocycles. The number of rotatable bonds is 4. The maximum atomic E-state index is 12.1. The normalized spacial score (nSPS) is 19.0. The molecule has 1 aliphatic carbocycles. The number of ether oxygens (including phenoxy) is 1. The molecular formula is C19H18ClNO2. The molecular weight excluding hydrogens is 310 g/mol. The van der Waals surface area contributed by atoms with Crippen molar-refractivity contribution < 1.29 is 9.53 Å². The van der Waals surface area contributed by atoms with Gasteiger partial charge in [0.1, 0.15) is 0 Å². The Labute approximate surface area is 141 Å². The highest BCUT2D eigenvalue weighted by atomic mass is 35.5. The van der Waals surface area contributed by atoms with E-state index in [9.17, 15) is 4.79 Å². The quantitative estimate of drug-likeness (QED) is 0.790. The molecule has 1 atom stereocenters. The summed E-state index contributed by atoms with van der Waals surface area (Å²) in [6.07, 6.45) is 12.8. The van der Waals surface area contributed by atoms with Gasteiger partial charge >= 0.3 is 5.97 Å². The van der Waals surface area contributed by atoms with E-state index in [0.29, 0.717) is 5.57 Å². The summed E-state index contributed by atoms with van der Waals surface area (Å²) < 4.78 is 4.93. The molecule has 0 amide bonds. The van der Waals surface area contributed by atoms with Crippen LogP contribution in [0, 0.1) is 0 Å². The van der Waals surface area contributed by atoms with Crippen LogP contribution in [0.15, 0.2) is 72.0 Å². The van der Waals surface area contributed by atoms with Gasteiger partial charge in [-0.25, -0.2) is 4.79 Å². The Morgan fingerprint density at radius 2 is 2.04 bits per heavy atom. The van der Waals surface area contributed by atoms with Crippen molar-refractivity contribution in [3.8, 4) is 0 Å². The molecule has 0 N–H and O–H groups in total. The number of benzene rings is 1. The van der Waals surface area contributed by atoms with Crippen molar-refractivity contribution in [1.29, 1.82) is 0 Å². The molecule has 4 heteroatoms. The molecule has 0 spiro atoms. The molecule has 0 radical (unpaired) electrons. The van der Waals surface area contributed by atoms with Gasteiger partial charge in [-0.3, -0.25) is 0 Å². The largest absolute Gasteiger partial charge is 0.466 e. The van der Waals surface area contributed by atoms with E-state index in [1.807, 2.05) is 48.7 Å². The minimum atomic E-state index is -0.288. The van der Waals surface area contributed by atoms with Crippen LogP contribution in [0.1, 0.15) is 5.56 Å². The number of methoxy groups -OCH3 is 1. The first-order valence-corrected chi connectivity index (χ1v) is 7.92. The Hall–Kier alpha value is -2.26. The molecule has 0 aromatic heterocycles. The molecule has 118 valence electrons. The summed E-state index contributed by atoms with van der Waals surface area (Å²) in [5.74, 6) is -0.288. The summed E-state index contributed by atoms with van der Waals surface area (Å²) in [4.78, 5) is 14.2. The molecule has 3 rings (SSSR count). The van der Waals surface area contributed by atoms with Crippen LogP contribution in [0.3, 0.4) is 0 Å². The number of hydrogen-bond acceptors (Lipinski definition) is 3. The SMILES string of the molecule is COC(=O)C1=CC=CC2=CC1N(CCc1ccc(Cl)cc1)C=C2. The number of nitrogens with zero attached hydrogens (tertiary/aromatic N) is 1. The Morgan fingerprint density at radius 3 is 2.78 bits per heavy atom. The lowest BCUT2D eigenvalue weighted by atomic mass is 10.0. The van der Waals surface area contributed by atoms with Crippen molar-refractivity contribution in [2.24, 2.45) is 0 Å². The van der Waals surface area contributed by atoms with E-state index >= 15 is 0 Å². The van der Waals surface area contributed by atoms with E-state index in [1.54, 1.807) is 0 Å². The smallest absolute Gasteiger partial charge is 0.336 e. The zero-order valence-corrected chi connectivity index (χ0v) is 13.7. The van der Waals surface area contributed by atoms with Gasteiger partial charge in [-0.05, 0) is 41.8 Å². The number of allylic oxidation sites excluding steroid dienone is 5. The second-order valence-electron chi connectivity index (χ2n) is 5.51. The highest BCUT2D eigenvalue weighted by molar-refractivity contribution is 6.30. The van der Waals surface area contributed by atoms with Crippen molar-refractivity contribution in [2.75, 3.05) is 13.7 Å². The van der Waals surface area contributed by atoms with E-state index < -0.39 is 0 Å². The van der Waals surface area contributed by atoms with E-state index in [4.69, 9.17) is 16.3 Å². The van der Waals surface area contributed by atoms with Gasteiger partial charge < -0.3 is 9.64 Å². The molecule has 3 nitrogen and oxygen atoms in total. The Kier molecular flexibility index (Phi) is 4.68. The minimum absolute atomic E-state index is 0.0928. The maximum Gasteiger partial charge on any atom is 0.336 e. The van der Waals surface area contributed by atoms with Crippen molar-refractivity contribution in [2.45, 2.75) is 12.5 Å². The Morgan fingerprint density at radius 1 is 1.26 bits per heavy atom. The first-order chi connectivity index (χ1) is 11.2. The summed E-state index contributed by atoms with van der Waals surface area (Å²) in [5, 5.41) is 0.741.